The summed E-state index contributed by atoms with van der Waals surface area (Å²) >= 11 is 0. The fraction of sp³-hybridized carbons (Fsp3) is 0.421. The van der Waals surface area contributed by atoms with Gasteiger partial charge in [0.2, 0.25) is 0 Å². The van der Waals surface area contributed by atoms with Crippen LogP contribution in [0.15, 0.2) is 12.1 Å². The zero-order valence-corrected chi connectivity index (χ0v) is 15.0. The summed E-state index contributed by atoms with van der Waals surface area (Å²) in [4.78, 5) is 44.1. The van der Waals surface area contributed by atoms with Crippen LogP contribution in [0.1, 0.15) is 48.2 Å². The number of anilines is 1. The molecular formula is C19H15F4N3O3. The van der Waals surface area contributed by atoms with Crippen molar-refractivity contribution in [3.63, 3.8) is 0 Å². The van der Waals surface area contributed by atoms with E-state index in [0.29, 0.717) is 0 Å². The standard InChI is InChI=1S/C19H15F4N3O3/c20-11-7-8-6-10(15(29)14-12(27)2-1-3-13(14)28)16(19(21,22)23)25-17(8)26-18(11)24-9-4-5-9/h6-7,9,14H,1-5H2,(H,24,25,26). The predicted molar refractivity (Wildman–Crippen MR) is 92.8 cm³/mol. The Morgan fingerprint density at radius 3 is 2.31 bits per heavy atom. The van der Waals surface area contributed by atoms with Gasteiger partial charge in [-0.15, -0.1) is 0 Å². The van der Waals surface area contributed by atoms with E-state index >= 15 is 0 Å². The summed E-state index contributed by atoms with van der Waals surface area (Å²) in [6.45, 7) is 0. The number of alkyl halides is 3. The highest BCUT2D eigenvalue weighted by Crippen LogP contribution is 2.35. The smallest absolute Gasteiger partial charge is 0.365 e. The molecule has 2 aliphatic rings. The van der Waals surface area contributed by atoms with Crippen molar-refractivity contribution in [1.82, 2.24) is 9.97 Å². The lowest BCUT2D eigenvalue weighted by atomic mass is 9.81. The van der Waals surface area contributed by atoms with E-state index in [2.05, 4.69) is 15.3 Å². The van der Waals surface area contributed by atoms with Gasteiger partial charge in [0.1, 0.15) is 5.92 Å². The molecule has 29 heavy (non-hydrogen) atoms. The van der Waals surface area contributed by atoms with Gasteiger partial charge in [-0.3, -0.25) is 14.4 Å². The first-order valence-electron chi connectivity index (χ1n) is 9.10. The minimum Gasteiger partial charge on any atom is -0.365 e. The Morgan fingerprint density at radius 1 is 1.07 bits per heavy atom. The molecule has 0 saturated heterocycles. The van der Waals surface area contributed by atoms with E-state index in [1.165, 1.54) is 0 Å². The number of pyridine rings is 2. The van der Waals surface area contributed by atoms with E-state index in [1.807, 2.05) is 0 Å². The van der Waals surface area contributed by atoms with Crippen LogP contribution in [0, 0.1) is 11.7 Å². The van der Waals surface area contributed by atoms with Gasteiger partial charge in [-0.05, 0) is 31.4 Å². The summed E-state index contributed by atoms with van der Waals surface area (Å²) in [6.07, 6.45) is -3.28. The van der Waals surface area contributed by atoms with Gasteiger partial charge in [0.15, 0.2) is 40.3 Å². The average molecular weight is 409 g/mol. The molecule has 0 aliphatic heterocycles. The van der Waals surface area contributed by atoms with E-state index in [1.54, 1.807) is 0 Å². The number of hydrogen-bond donors (Lipinski definition) is 1. The van der Waals surface area contributed by atoms with Crippen molar-refractivity contribution in [1.29, 1.82) is 0 Å². The summed E-state index contributed by atoms with van der Waals surface area (Å²) in [5.74, 6) is -5.48. The summed E-state index contributed by atoms with van der Waals surface area (Å²) in [5.41, 5.74) is -2.86. The predicted octanol–water partition coefficient (Wildman–Crippen LogP) is 3.48. The molecule has 2 fully saturated rings. The molecule has 2 saturated carbocycles. The molecule has 0 spiro atoms. The molecule has 10 heteroatoms. The van der Waals surface area contributed by atoms with Gasteiger partial charge < -0.3 is 5.32 Å². The Morgan fingerprint density at radius 2 is 1.72 bits per heavy atom. The van der Waals surface area contributed by atoms with Gasteiger partial charge >= 0.3 is 6.18 Å². The Kier molecular flexibility index (Phi) is 4.59. The fourth-order valence-electron chi connectivity index (χ4n) is 3.36. The third kappa shape index (κ3) is 3.70. The van der Waals surface area contributed by atoms with Crippen LogP contribution >= 0.6 is 0 Å². The van der Waals surface area contributed by atoms with Crippen molar-refractivity contribution in [3.8, 4) is 0 Å². The number of halogens is 4. The molecule has 2 aromatic rings. The second-order valence-corrected chi connectivity index (χ2v) is 7.25. The van der Waals surface area contributed by atoms with Gasteiger partial charge in [-0.25, -0.2) is 14.4 Å². The molecule has 4 rings (SSSR count). The summed E-state index contributed by atoms with van der Waals surface area (Å²) in [6, 6.07) is 1.75. The van der Waals surface area contributed by atoms with Crippen LogP contribution in [0.25, 0.3) is 11.0 Å². The first kappa shape index (κ1) is 19.4. The van der Waals surface area contributed by atoms with Crippen molar-refractivity contribution >= 4 is 34.2 Å². The van der Waals surface area contributed by atoms with E-state index in [-0.39, 0.29) is 42.2 Å². The lowest BCUT2D eigenvalue weighted by Gasteiger charge is -2.20. The normalized spacial score (nSPS) is 18.3. The van der Waals surface area contributed by atoms with Crippen LogP contribution < -0.4 is 5.32 Å². The highest BCUT2D eigenvalue weighted by atomic mass is 19.4. The number of carbonyl (C=O) groups excluding carboxylic acids is 3. The monoisotopic (exact) mass is 409 g/mol. The molecule has 2 aromatic heterocycles. The molecular weight excluding hydrogens is 394 g/mol. The molecule has 0 radical (unpaired) electrons. The van der Waals surface area contributed by atoms with Gasteiger partial charge in [0.05, 0.1) is 5.56 Å². The number of carbonyl (C=O) groups is 3. The maximum atomic E-state index is 14.3. The third-order valence-electron chi connectivity index (χ3n) is 4.96. The van der Waals surface area contributed by atoms with Crippen molar-refractivity contribution < 1.29 is 31.9 Å². The number of aromatic nitrogens is 2. The van der Waals surface area contributed by atoms with Crippen LogP contribution in [0.3, 0.4) is 0 Å². The van der Waals surface area contributed by atoms with Crippen LogP contribution in [0.5, 0.6) is 0 Å². The average Bonchev–Trinajstić information content (AvgIpc) is 3.44. The number of fused-ring (bicyclic) bond motifs is 1. The summed E-state index contributed by atoms with van der Waals surface area (Å²) < 4.78 is 55.1. The molecule has 6 nitrogen and oxygen atoms in total. The zero-order chi connectivity index (χ0) is 20.9. The van der Waals surface area contributed by atoms with Crippen molar-refractivity contribution in [2.75, 3.05) is 5.32 Å². The SMILES string of the molecule is O=C1CCCC(=O)C1C(=O)c1cc2cc(F)c(NC3CC3)nc2nc1C(F)(F)F. The molecule has 0 atom stereocenters. The topological polar surface area (TPSA) is 89.0 Å². The number of Topliss-reactive ketones (excluding diaryl/α,β-unsaturated/α-hetero) is 3. The third-order valence-corrected chi connectivity index (χ3v) is 4.96. The Labute approximate surface area is 161 Å². The molecule has 0 aromatic carbocycles. The molecule has 2 heterocycles. The molecule has 2 aliphatic carbocycles. The number of ketones is 3. The highest BCUT2D eigenvalue weighted by molar-refractivity contribution is 6.25. The molecule has 0 unspecified atom stereocenters. The molecule has 152 valence electrons. The number of hydrogen-bond acceptors (Lipinski definition) is 6. The lowest BCUT2D eigenvalue weighted by Crippen LogP contribution is -2.36. The second kappa shape index (κ2) is 6.85. The fourth-order valence-corrected chi connectivity index (χ4v) is 3.36. The first-order valence-corrected chi connectivity index (χ1v) is 9.10. The van der Waals surface area contributed by atoms with Crippen LogP contribution in [-0.2, 0) is 15.8 Å². The van der Waals surface area contributed by atoms with Gasteiger partial charge in [0.25, 0.3) is 0 Å². The van der Waals surface area contributed by atoms with E-state index in [0.717, 1.165) is 25.0 Å². The van der Waals surface area contributed by atoms with Gasteiger partial charge in [-0.1, -0.05) is 0 Å². The number of nitrogens with zero attached hydrogens (tertiary/aromatic N) is 2. The Balaban J connectivity index is 1.84. The number of rotatable bonds is 4. The first-order chi connectivity index (χ1) is 13.6. The van der Waals surface area contributed by atoms with Crippen LogP contribution in [0.4, 0.5) is 23.4 Å². The largest absolute Gasteiger partial charge is 0.434 e. The van der Waals surface area contributed by atoms with Crippen LogP contribution in [0.2, 0.25) is 0 Å². The number of nitrogens with one attached hydrogen (secondary N) is 1. The Bertz CT molecular complexity index is 1030. The maximum absolute atomic E-state index is 14.3. The molecule has 0 amide bonds. The summed E-state index contributed by atoms with van der Waals surface area (Å²) in [5, 5.41) is 2.64. The zero-order valence-electron chi connectivity index (χ0n) is 15.0. The van der Waals surface area contributed by atoms with E-state index < -0.39 is 46.5 Å². The van der Waals surface area contributed by atoms with E-state index in [4.69, 9.17) is 0 Å². The Hall–Kier alpha value is -2.91. The van der Waals surface area contributed by atoms with Crippen molar-refractivity contribution in [3.05, 3.63) is 29.2 Å². The van der Waals surface area contributed by atoms with Crippen LogP contribution in [-0.4, -0.2) is 33.4 Å². The second-order valence-electron chi connectivity index (χ2n) is 7.25. The quantitative estimate of drug-likeness (QED) is 0.473. The molecule has 0 bridgehead atoms. The summed E-state index contributed by atoms with van der Waals surface area (Å²) in [7, 11) is 0. The lowest BCUT2D eigenvalue weighted by molar-refractivity contribution is -0.142. The minimum absolute atomic E-state index is 0.0145. The van der Waals surface area contributed by atoms with Gasteiger partial charge in [-0.2, -0.15) is 13.2 Å². The minimum atomic E-state index is -5.03. The van der Waals surface area contributed by atoms with Crippen molar-refractivity contribution in [2.24, 2.45) is 5.92 Å². The highest BCUT2D eigenvalue weighted by Gasteiger charge is 2.43. The maximum Gasteiger partial charge on any atom is 0.434 e. The van der Waals surface area contributed by atoms with Gasteiger partial charge in [0, 0.05) is 24.3 Å². The molecule has 1 N–H and O–H groups in total. The van der Waals surface area contributed by atoms with Crippen molar-refractivity contribution in [2.45, 2.75) is 44.3 Å². The van der Waals surface area contributed by atoms with E-state index in [9.17, 15) is 31.9 Å².